The largest absolute Gasteiger partial charge is 0.463 e. The maximum Gasteiger partial charge on any atom is 0.303 e. The molecule has 0 saturated carbocycles. The van der Waals surface area contributed by atoms with Crippen LogP contribution in [-0.4, -0.2) is 42.2 Å². The molecule has 0 bridgehead atoms. The molecule has 1 aliphatic heterocycles. The summed E-state index contributed by atoms with van der Waals surface area (Å²) < 4.78 is 17.3. The summed E-state index contributed by atoms with van der Waals surface area (Å²) in [6, 6.07) is 1.15. The van der Waals surface area contributed by atoms with Gasteiger partial charge in [0.15, 0.2) is 0 Å². The smallest absolute Gasteiger partial charge is 0.303 e. The van der Waals surface area contributed by atoms with E-state index < -0.39 is 35.6 Å². The quantitative estimate of drug-likeness (QED) is 0.298. The van der Waals surface area contributed by atoms with Gasteiger partial charge in [-0.3, -0.25) is 9.59 Å². The van der Waals surface area contributed by atoms with Crippen LogP contribution in [0.4, 0.5) is 0 Å². The lowest BCUT2D eigenvalue weighted by atomic mass is 9.91. The number of rotatable bonds is 6. The van der Waals surface area contributed by atoms with Crippen molar-refractivity contribution >= 4 is 46.6 Å². The molecule has 1 fully saturated rings. The van der Waals surface area contributed by atoms with E-state index in [2.05, 4.69) is 10.0 Å². The number of thiophene rings is 1. The van der Waals surface area contributed by atoms with Crippen LogP contribution in [0.25, 0.3) is 10.4 Å². The van der Waals surface area contributed by atoms with Crippen LogP contribution in [0.3, 0.4) is 0 Å². The number of carbonyl (C=O) groups excluding carboxylic acids is 2. The van der Waals surface area contributed by atoms with Crippen molar-refractivity contribution in [2.45, 2.75) is 48.7 Å². The van der Waals surface area contributed by atoms with Gasteiger partial charge in [0.2, 0.25) is 0 Å². The highest BCUT2D eigenvalue weighted by Crippen LogP contribution is 2.41. The Morgan fingerprint density at radius 1 is 1.46 bits per heavy atom. The molecule has 0 amide bonds. The molecule has 8 nitrogen and oxygen atoms in total. The molecule has 1 aliphatic rings. The van der Waals surface area contributed by atoms with Gasteiger partial charge in [-0.25, -0.2) is 0 Å². The summed E-state index contributed by atoms with van der Waals surface area (Å²) in [6.45, 7) is 4.27. The molecule has 5 atom stereocenters. The number of halogens is 1. The highest BCUT2D eigenvalue weighted by atomic mass is 35.5. The van der Waals surface area contributed by atoms with E-state index in [0.29, 0.717) is 5.02 Å². The first kappa shape index (κ1) is 20.9. The van der Waals surface area contributed by atoms with E-state index in [1.807, 2.05) is 13.0 Å². The first-order valence-corrected chi connectivity index (χ1v) is 9.86. The fourth-order valence-electron chi connectivity index (χ4n) is 2.56. The molecular weight excluding hydrogens is 402 g/mol. The summed E-state index contributed by atoms with van der Waals surface area (Å²) in [5, 5.41) is 6.25. The normalized spacial score (nSPS) is 28.1. The number of ether oxygens (including phenoxy) is 3. The van der Waals surface area contributed by atoms with Crippen molar-refractivity contribution in [1.82, 2.24) is 0 Å². The number of esters is 2. The van der Waals surface area contributed by atoms with Crippen molar-refractivity contribution in [2.75, 3.05) is 6.61 Å². The average Bonchev–Trinajstić information content (AvgIpc) is 2.96. The van der Waals surface area contributed by atoms with Crippen molar-refractivity contribution in [1.29, 1.82) is 0 Å². The van der Waals surface area contributed by atoms with Gasteiger partial charge in [-0.05, 0) is 11.6 Å². The van der Waals surface area contributed by atoms with Gasteiger partial charge < -0.3 is 14.2 Å². The van der Waals surface area contributed by atoms with Gasteiger partial charge in [0.1, 0.15) is 24.3 Å². The summed E-state index contributed by atoms with van der Waals surface area (Å²) in [6.07, 6.45) is -1.59. The second-order valence-electron chi connectivity index (χ2n) is 5.68. The molecule has 2 unspecified atom stereocenters. The minimum atomic E-state index is -0.846. The van der Waals surface area contributed by atoms with E-state index in [1.54, 1.807) is 5.38 Å². The summed E-state index contributed by atoms with van der Waals surface area (Å²) in [4.78, 5) is 25.6. The molecule has 26 heavy (non-hydrogen) atoms. The third-order valence-corrected chi connectivity index (χ3v) is 6.46. The molecule has 1 aromatic heterocycles. The highest BCUT2D eigenvalue weighted by Gasteiger charge is 2.46. The van der Waals surface area contributed by atoms with E-state index in [9.17, 15) is 9.59 Å². The Morgan fingerprint density at radius 3 is 2.73 bits per heavy atom. The molecule has 0 aromatic carbocycles. The third-order valence-electron chi connectivity index (χ3n) is 3.69. The Labute approximate surface area is 163 Å². The SMILES string of the molecule is CC(=O)OCC1O[C@H](Sc2cc(Cl)cs2)C(C)[C@@H](N=[N+]=[N-])[C@H]1OC(C)=O. The predicted octanol–water partition coefficient (Wildman–Crippen LogP) is 4.03. The topological polar surface area (TPSA) is 111 Å². The maximum absolute atomic E-state index is 11.5. The molecule has 1 saturated heterocycles. The van der Waals surface area contributed by atoms with Crippen LogP contribution in [0, 0.1) is 5.92 Å². The van der Waals surface area contributed by atoms with Gasteiger partial charge in [-0.15, -0.1) is 11.3 Å². The fraction of sp³-hybridized carbons (Fsp3) is 0.600. The fourth-order valence-corrected chi connectivity index (χ4v) is 5.07. The lowest BCUT2D eigenvalue weighted by Gasteiger charge is -2.42. The molecule has 2 rings (SSSR count). The predicted molar refractivity (Wildman–Crippen MR) is 98.1 cm³/mol. The second kappa shape index (κ2) is 9.48. The zero-order chi connectivity index (χ0) is 19.3. The summed E-state index contributed by atoms with van der Waals surface area (Å²) in [5.74, 6) is -1.27. The van der Waals surface area contributed by atoms with Crippen LogP contribution in [-0.2, 0) is 23.8 Å². The van der Waals surface area contributed by atoms with E-state index >= 15 is 0 Å². The van der Waals surface area contributed by atoms with Gasteiger partial charge in [0.25, 0.3) is 0 Å². The lowest BCUT2D eigenvalue weighted by molar-refractivity contribution is -0.182. The van der Waals surface area contributed by atoms with Crippen LogP contribution < -0.4 is 0 Å². The van der Waals surface area contributed by atoms with E-state index in [4.69, 9.17) is 31.3 Å². The van der Waals surface area contributed by atoms with Crippen molar-refractivity contribution in [3.05, 3.63) is 26.9 Å². The zero-order valence-corrected chi connectivity index (χ0v) is 16.7. The number of hydrogen-bond donors (Lipinski definition) is 0. The van der Waals surface area contributed by atoms with Gasteiger partial charge in [-0.2, -0.15) is 0 Å². The van der Waals surface area contributed by atoms with Crippen LogP contribution in [0.5, 0.6) is 0 Å². The standard InChI is InChI=1S/C15H18ClN3O5S2/c1-7-13(18-19-17)14(23-9(3)21)11(5-22-8(2)20)24-15(7)26-12-4-10(16)6-25-12/h4,6-7,11,13-15H,5H2,1-3H3/t7?,11?,13-,14+,15-/m1/s1. The van der Waals surface area contributed by atoms with E-state index in [1.165, 1.54) is 36.9 Å². The van der Waals surface area contributed by atoms with Crippen LogP contribution in [0.1, 0.15) is 20.8 Å². The number of nitrogens with zero attached hydrogens (tertiary/aromatic N) is 3. The average molecular weight is 420 g/mol. The van der Waals surface area contributed by atoms with Crippen molar-refractivity contribution in [3.63, 3.8) is 0 Å². The Balaban J connectivity index is 2.26. The first-order chi connectivity index (χ1) is 12.3. The van der Waals surface area contributed by atoms with Crippen LogP contribution in [0.2, 0.25) is 5.02 Å². The molecule has 0 N–H and O–H groups in total. The van der Waals surface area contributed by atoms with Gasteiger partial charge >= 0.3 is 11.9 Å². The van der Waals surface area contributed by atoms with Crippen molar-refractivity contribution in [2.24, 2.45) is 11.0 Å². The van der Waals surface area contributed by atoms with Gasteiger partial charge in [0, 0.05) is 30.1 Å². The Morgan fingerprint density at radius 2 is 2.19 bits per heavy atom. The number of carbonyl (C=O) groups is 2. The Bertz CT molecular complexity index is 709. The Kier molecular flexibility index (Phi) is 7.60. The number of thioether (sulfide) groups is 1. The molecule has 11 heteroatoms. The van der Waals surface area contributed by atoms with Gasteiger partial charge in [0.05, 0.1) is 15.3 Å². The molecular formula is C15H18ClN3O5S2. The molecule has 2 heterocycles. The van der Waals surface area contributed by atoms with Gasteiger partial charge in [-0.1, -0.05) is 35.4 Å². The maximum atomic E-state index is 11.5. The highest BCUT2D eigenvalue weighted by molar-refractivity contribution is 8.01. The second-order valence-corrected chi connectivity index (χ2v) is 8.42. The Hall–Kier alpha value is -1.45. The summed E-state index contributed by atoms with van der Waals surface area (Å²) in [5.41, 5.74) is 8.55. The zero-order valence-electron chi connectivity index (χ0n) is 14.3. The summed E-state index contributed by atoms with van der Waals surface area (Å²) >= 11 is 8.86. The number of azide groups is 1. The molecule has 0 radical (unpaired) electrons. The third kappa shape index (κ3) is 5.52. The molecule has 1 aromatic rings. The lowest BCUT2D eigenvalue weighted by Crippen LogP contribution is -2.55. The summed E-state index contributed by atoms with van der Waals surface area (Å²) in [7, 11) is 0. The monoisotopic (exact) mass is 419 g/mol. The number of hydrogen-bond acceptors (Lipinski definition) is 8. The van der Waals surface area contributed by atoms with Crippen molar-refractivity contribution in [3.8, 4) is 0 Å². The van der Waals surface area contributed by atoms with E-state index in [-0.39, 0.29) is 12.5 Å². The van der Waals surface area contributed by atoms with Crippen LogP contribution >= 0.6 is 34.7 Å². The van der Waals surface area contributed by atoms with Crippen LogP contribution in [0.15, 0.2) is 20.8 Å². The molecule has 0 aliphatic carbocycles. The molecule has 0 spiro atoms. The van der Waals surface area contributed by atoms with Crippen molar-refractivity contribution < 1.29 is 23.8 Å². The minimum absolute atomic E-state index is 0.111. The minimum Gasteiger partial charge on any atom is -0.463 e. The first-order valence-electron chi connectivity index (χ1n) is 7.72. The molecule has 142 valence electrons. The van der Waals surface area contributed by atoms with E-state index in [0.717, 1.165) is 4.21 Å².